The Balaban J connectivity index is 1.89. The lowest BCUT2D eigenvalue weighted by Gasteiger charge is -2.33. The normalized spacial score (nSPS) is 20.7. The highest BCUT2D eigenvalue weighted by atomic mass is 32.1. The summed E-state index contributed by atoms with van der Waals surface area (Å²) < 4.78 is 0. The van der Waals surface area contributed by atoms with Crippen molar-refractivity contribution < 1.29 is 4.79 Å². The van der Waals surface area contributed by atoms with Gasteiger partial charge in [-0.3, -0.25) is 4.79 Å². The van der Waals surface area contributed by atoms with Gasteiger partial charge in [-0.2, -0.15) is 0 Å². The molecule has 126 valence electrons. The maximum absolute atomic E-state index is 11.6. The van der Waals surface area contributed by atoms with Crippen molar-refractivity contribution in [2.24, 2.45) is 5.92 Å². The number of amides is 1. The smallest absolute Gasteiger partial charge is 0.251 e. The number of benzene rings is 1. The van der Waals surface area contributed by atoms with Crippen molar-refractivity contribution in [3.63, 3.8) is 0 Å². The zero-order chi connectivity index (χ0) is 16.8. The van der Waals surface area contributed by atoms with Crippen LogP contribution in [0.1, 0.15) is 48.5 Å². The molecule has 0 saturated heterocycles. The number of hydrogen-bond donors (Lipinski definition) is 2. The van der Waals surface area contributed by atoms with E-state index < -0.39 is 0 Å². The summed E-state index contributed by atoms with van der Waals surface area (Å²) >= 11 is 5.55. The highest BCUT2D eigenvalue weighted by Crippen LogP contribution is 2.23. The number of carbonyl (C=O) groups is 1. The monoisotopic (exact) mass is 333 g/mol. The molecule has 1 aliphatic rings. The molecule has 1 aliphatic carbocycles. The molecule has 1 aromatic carbocycles. The van der Waals surface area contributed by atoms with Gasteiger partial charge in [0.05, 0.1) is 0 Å². The van der Waals surface area contributed by atoms with Crippen molar-refractivity contribution in [2.75, 3.05) is 14.1 Å². The molecule has 2 rings (SSSR count). The Morgan fingerprint density at radius 3 is 2.52 bits per heavy atom. The van der Waals surface area contributed by atoms with Gasteiger partial charge in [-0.05, 0) is 48.7 Å². The van der Waals surface area contributed by atoms with Crippen LogP contribution in [-0.4, -0.2) is 36.1 Å². The average Bonchev–Trinajstić information content (AvgIpc) is 2.56. The van der Waals surface area contributed by atoms with E-state index in [1.54, 1.807) is 7.05 Å². The van der Waals surface area contributed by atoms with Crippen molar-refractivity contribution in [3.05, 3.63) is 35.4 Å². The minimum Gasteiger partial charge on any atom is -0.360 e. The zero-order valence-electron chi connectivity index (χ0n) is 14.3. The number of thiocarbonyl (C=S) groups is 1. The summed E-state index contributed by atoms with van der Waals surface area (Å²) in [4.78, 5) is 13.6. The third kappa shape index (κ3) is 4.93. The molecule has 0 spiro atoms. The third-order valence-electron chi connectivity index (χ3n) is 4.63. The Labute approximate surface area is 144 Å². The van der Waals surface area contributed by atoms with Crippen LogP contribution >= 0.6 is 12.2 Å². The van der Waals surface area contributed by atoms with Gasteiger partial charge in [-0.25, -0.2) is 0 Å². The van der Waals surface area contributed by atoms with E-state index >= 15 is 0 Å². The topological polar surface area (TPSA) is 44.4 Å². The molecule has 1 fully saturated rings. The molecule has 2 atom stereocenters. The molecule has 0 unspecified atom stereocenters. The molecule has 0 bridgehead atoms. The lowest BCUT2D eigenvalue weighted by molar-refractivity contribution is 0.0963. The molecule has 5 heteroatoms. The summed E-state index contributed by atoms with van der Waals surface area (Å²) in [6, 6.07) is 8.15. The number of nitrogens with one attached hydrogen (secondary N) is 2. The summed E-state index contributed by atoms with van der Waals surface area (Å²) in [5.74, 6) is 0.621. The van der Waals surface area contributed by atoms with Crippen molar-refractivity contribution in [1.82, 2.24) is 15.5 Å². The lowest BCUT2D eigenvalue weighted by atomic mass is 9.86. The Morgan fingerprint density at radius 2 is 1.91 bits per heavy atom. The minimum absolute atomic E-state index is 0.0617. The number of hydrogen-bond acceptors (Lipinski definition) is 2. The summed E-state index contributed by atoms with van der Waals surface area (Å²) in [7, 11) is 3.65. The van der Waals surface area contributed by atoms with Gasteiger partial charge >= 0.3 is 0 Å². The van der Waals surface area contributed by atoms with Gasteiger partial charge in [-0.15, -0.1) is 0 Å². The van der Waals surface area contributed by atoms with Crippen LogP contribution in [0, 0.1) is 5.92 Å². The first-order valence-corrected chi connectivity index (χ1v) is 8.74. The van der Waals surface area contributed by atoms with Gasteiger partial charge in [0.25, 0.3) is 5.91 Å². The molecule has 2 N–H and O–H groups in total. The van der Waals surface area contributed by atoms with Crippen LogP contribution in [0.3, 0.4) is 0 Å². The van der Waals surface area contributed by atoms with Crippen molar-refractivity contribution in [2.45, 2.75) is 45.2 Å². The molecule has 1 aromatic rings. The SMILES string of the molecule is CNC(=O)c1ccc(CN(C)C(=S)N[C@@H]2CCCC[C@@H]2C)cc1. The quantitative estimate of drug-likeness (QED) is 0.832. The van der Waals surface area contributed by atoms with Gasteiger partial charge in [0, 0.05) is 32.2 Å². The van der Waals surface area contributed by atoms with Crippen LogP contribution in [0.5, 0.6) is 0 Å². The van der Waals surface area contributed by atoms with E-state index in [0.29, 0.717) is 17.5 Å². The predicted molar refractivity (Wildman–Crippen MR) is 98.5 cm³/mol. The summed E-state index contributed by atoms with van der Waals surface area (Å²) in [5.41, 5.74) is 1.82. The molecule has 4 nitrogen and oxygen atoms in total. The van der Waals surface area contributed by atoms with E-state index in [4.69, 9.17) is 12.2 Å². The van der Waals surface area contributed by atoms with E-state index in [1.165, 1.54) is 25.7 Å². The van der Waals surface area contributed by atoms with Crippen LogP contribution in [0.15, 0.2) is 24.3 Å². The van der Waals surface area contributed by atoms with Crippen molar-refractivity contribution in [3.8, 4) is 0 Å². The maximum atomic E-state index is 11.6. The Bertz CT molecular complexity index is 544. The molecule has 0 aromatic heterocycles. The second kappa shape index (κ2) is 8.29. The number of carbonyl (C=O) groups excluding carboxylic acids is 1. The largest absolute Gasteiger partial charge is 0.360 e. The first-order chi connectivity index (χ1) is 11.0. The second-order valence-corrected chi connectivity index (χ2v) is 6.84. The Kier molecular flexibility index (Phi) is 6.39. The highest BCUT2D eigenvalue weighted by Gasteiger charge is 2.22. The first-order valence-electron chi connectivity index (χ1n) is 8.34. The van der Waals surface area contributed by atoms with Crippen LogP contribution in [0.4, 0.5) is 0 Å². The Morgan fingerprint density at radius 1 is 1.26 bits per heavy atom. The number of rotatable bonds is 4. The molecule has 0 radical (unpaired) electrons. The van der Waals surface area contributed by atoms with Crippen LogP contribution in [0.2, 0.25) is 0 Å². The van der Waals surface area contributed by atoms with Crippen LogP contribution in [0.25, 0.3) is 0 Å². The van der Waals surface area contributed by atoms with E-state index in [1.807, 2.05) is 31.3 Å². The zero-order valence-corrected chi connectivity index (χ0v) is 15.1. The minimum atomic E-state index is -0.0617. The molecule has 0 aliphatic heterocycles. The lowest BCUT2D eigenvalue weighted by Crippen LogP contribution is -2.46. The van der Waals surface area contributed by atoms with Crippen LogP contribution < -0.4 is 10.6 Å². The van der Waals surface area contributed by atoms with Crippen LogP contribution in [-0.2, 0) is 6.54 Å². The van der Waals surface area contributed by atoms with E-state index in [-0.39, 0.29) is 5.91 Å². The Hall–Kier alpha value is -1.62. The molecule has 0 heterocycles. The van der Waals surface area contributed by atoms with E-state index in [0.717, 1.165) is 17.2 Å². The van der Waals surface area contributed by atoms with E-state index in [2.05, 4.69) is 22.5 Å². The second-order valence-electron chi connectivity index (χ2n) is 6.45. The van der Waals surface area contributed by atoms with Crippen molar-refractivity contribution >= 4 is 23.2 Å². The van der Waals surface area contributed by atoms with Gasteiger partial charge in [0.1, 0.15) is 0 Å². The first kappa shape index (κ1) is 17.7. The van der Waals surface area contributed by atoms with Gasteiger partial charge in [0.15, 0.2) is 5.11 Å². The fourth-order valence-corrected chi connectivity index (χ4v) is 3.27. The standard InChI is InChI=1S/C18H27N3OS/c1-13-6-4-5-7-16(13)20-18(23)21(3)12-14-8-10-15(11-9-14)17(22)19-2/h8-11,13,16H,4-7,12H2,1-3H3,(H,19,22)(H,20,23)/t13-,16+/m0/s1. The maximum Gasteiger partial charge on any atom is 0.251 e. The fourth-order valence-electron chi connectivity index (χ4n) is 3.05. The average molecular weight is 334 g/mol. The van der Waals surface area contributed by atoms with Gasteiger partial charge in [-0.1, -0.05) is 31.9 Å². The van der Waals surface area contributed by atoms with Crippen molar-refractivity contribution in [1.29, 1.82) is 0 Å². The highest BCUT2D eigenvalue weighted by molar-refractivity contribution is 7.80. The molecule has 23 heavy (non-hydrogen) atoms. The summed E-state index contributed by atoms with van der Waals surface area (Å²) in [6.07, 6.45) is 5.11. The summed E-state index contributed by atoms with van der Waals surface area (Å²) in [6.45, 7) is 3.04. The fraction of sp³-hybridized carbons (Fsp3) is 0.556. The number of nitrogens with zero attached hydrogens (tertiary/aromatic N) is 1. The summed E-state index contributed by atoms with van der Waals surface area (Å²) in [5, 5.41) is 6.95. The molecule has 1 amide bonds. The predicted octanol–water partition coefficient (Wildman–Crippen LogP) is 2.93. The third-order valence-corrected chi connectivity index (χ3v) is 5.06. The van der Waals surface area contributed by atoms with E-state index in [9.17, 15) is 4.79 Å². The van der Waals surface area contributed by atoms with Gasteiger partial charge < -0.3 is 15.5 Å². The molecular weight excluding hydrogens is 306 g/mol. The van der Waals surface area contributed by atoms with Gasteiger partial charge in [0.2, 0.25) is 0 Å². The molecular formula is C18H27N3OS. The molecule has 1 saturated carbocycles.